The predicted molar refractivity (Wildman–Crippen MR) is 116 cm³/mol. The number of esters is 3. The van der Waals surface area contributed by atoms with E-state index < -0.39 is 92.5 Å². The van der Waals surface area contributed by atoms with Crippen molar-refractivity contribution >= 4 is 52.4 Å². The molecule has 3 unspecified atom stereocenters. The van der Waals surface area contributed by atoms with E-state index in [1.165, 1.54) is 0 Å². The molecule has 1 aliphatic carbocycles. The molecule has 0 radical (unpaired) electrons. The van der Waals surface area contributed by atoms with Gasteiger partial charge in [0.2, 0.25) is 0 Å². The van der Waals surface area contributed by atoms with Gasteiger partial charge in [-0.25, -0.2) is 18.8 Å². The Morgan fingerprint density at radius 3 is 2.00 bits per heavy atom. The summed E-state index contributed by atoms with van der Waals surface area (Å²) in [6.07, 6.45) is -8.63. The van der Waals surface area contributed by atoms with Crippen molar-refractivity contribution in [2.45, 2.75) is 59.6 Å². The number of hydrogen-bond donors (Lipinski definition) is 2. The van der Waals surface area contributed by atoms with Crippen molar-refractivity contribution in [3.05, 3.63) is 0 Å². The number of carbonyl (C=O) groups excluding carboxylic acids is 3. The molecule has 1 aliphatic rings. The standard InChI is InChI=1S/C18H20F10O9S3/c1-13(6-35-10(29)5-19,7-36-11(30)15(20,21)17(24,25)18(26,27)28)8-39-14(38)4-2-3-9(14)37-12(31)16(22,23)40(32,33)34/h9,38H,2-8H2,1H3,(H,32,33,34). The summed E-state index contributed by atoms with van der Waals surface area (Å²) in [5.74, 6) is -21.4. The summed E-state index contributed by atoms with van der Waals surface area (Å²) in [7, 11) is -6.23. The first-order chi connectivity index (χ1) is 17.8. The number of hydrogen-bond acceptors (Lipinski definition) is 10. The Bertz CT molecular complexity index is 1070. The van der Waals surface area contributed by atoms with E-state index in [9.17, 15) is 66.7 Å². The van der Waals surface area contributed by atoms with Gasteiger partial charge < -0.3 is 14.2 Å². The van der Waals surface area contributed by atoms with Gasteiger partial charge >= 0.3 is 51.3 Å². The molecular weight excluding hydrogens is 646 g/mol. The van der Waals surface area contributed by atoms with E-state index in [0.29, 0.717) is 11.8 Å². The number of ether oxygens (including phenoxy) is 3. The lowest BCUT2D eigenvalue weighted by atomic mass is 9.96. The number of halogens is 10. The summed E-state index contributed by atoms with van der Waals surface area (Å²) in [6.45, 7) is -3.20. The molecule has 1 saturated carbocycles. The van der Waals surface area contributed by atoms with Gasteiger partial charge in [-0.3, -0.25) is 4.55 Å². The first-order valence-corrected chi connectivity index (χ1v) is 13.3. The van der Waals surface area contributed by atoms with Gasteiger partial charge in [0.25, 0.3) is 0 Å². The van der Waals surface area contributed by atoms with Crippen LogP contribution in [0.1, 0.15) is 26.2 Å². The quantitative estimate of drug-likeness (QED) is 0.0747. The van der Waals surface area contributed by atoms with Gasteiger partial charge in [0.1, 0.15) is 19.3 Å². The first kappa shape index (κ1) is 36.3. The van der Waals surface area contributed by atoms with Crippen LogP contribution < -0.4 is 0 Å². The Hall–Kier alpha value is -1.68. The lowest BCUT2D eigenvalue weighted by Gasteiger charge is -2.35. The van der Waals surface area contributed by atoms with Crippen LogP contribution in [0.25, 0.3) is 0 Å². The second kappa shape index (κ2) is 12.3. The van der Waals surface area contributed by atoms with Crippen LogP contribution in [0.15, 0.2) is 0 Å². The molecule has 0 aromatic heterocycles. The van der Waals surface area contributed by atoms with E-state index in [0.717, 1.165) is 6.92 Å². The number of thioether (sulfide) groups is 1. The van der Waals surface area contributed by atoms with Crippen molar-refractivity contribution in [2.75, 3.05) is 25.6 Å². The third-order valence-corrected chi connectivity index (χ3v) is 8.76. The number of thiol groups is 1. The van der Waals surface area contributed by atoms with Gasteiger partial charge in [0.05, 0.1) is 4.08 Å². The van der Waals surface area contributed by atoms with Gasteiger partial charge in [-0.1, -0.05) is 6.92 Å². The summed E-state index contributed by atoms with van der Waals surface area (Å²) in [6, 6.07) is 0. The highest BCUT2D eigenvalue weighted by atomic mass is 32.2. The van der Waals surface area contributed by atoms with Crippen LogP contribution in [0.4, 0.5) is 43.9 Å². The fraction of sp³-hybridized carbons (Fsp3) is 0.833. The molecule has 3 atom stereocenters. The smallest absolute Gasteiger partial charge is 0.463 e. The van der Waals surface area contributed by atoms with Crippen LogP contribution in [0, 0.1) is 5.41 Å². The van der Waals surface area contributed by atoms with Gasteiger partial charge in [0.15, 0.2) is 6.67 Å². The number of rotatable bonds is 13. The summed E-state index contributed by atoms with van der Waals surface area (Å²) in [5, 5.41) is -5.37. The molecule has 1 rings (SSSR count). The monoisotopic (exact) mass is 666 g/mol. The molecule has 9 nitrogen and oxygen atoms in total. The lowest BCUT2D eigenvalue weighted by Crippen LogP contribution is -2.57. The van der Waals surface area contributed by atoms with Crippen molar-refractivity contribution in [1.82, 2.24) is 0 Å². The normalized spacial score (nSPS) is 22.4. The lowest BCUT2D eigenvalue weighted by molar-refractivity contribution is -0.348. The van der Waals surface area contributed by atoms with Crippen LogP contribution >= 0.6 is 24.4 Å². The van der Waals surface area contributed by atoms with Gasteiger partial charge in [-0.05, 0) is 19.3 Å². The van der Waals surface area contributed by atoms with Crippen LogP contribution in [-0.2, 0) is 38.7 Å². The summed E-state index contributed by atoms with van der Waals surface area (Å²) in [5.41, 5.74) is -1.96. The summed E-state index contributed by atoms with van der Waals surface area (Å²) >= 11 is 4.72. The molecule has 40 heavy (non-hydrogen) atoms. The van der Waals surface area contributed by atoms with Crippen molar-refractivity contribution in [1.29, 1.82) is 0 Å². The van der Waals surface area contributed by atoms with Crippen LogP contribution in [-0.4, -0.2) is 90.0 Å². The molecule has 22 heteroatoms. The molecule has 0 aromatic carbocycles. The second-order valence-corrected chi connectivity index (χ2v) is 12.6. The molecule has 1 fully saturated rings. The number of carbonyl (C=O) groups is 3. The van der Waals surface area contributed by atoms with E-state index in [4.69, 9.17) is 4.55 Å². The zero-order valence-corrected chi connectivity index (χ0v) is 22.3. The maximum absolute atomic E-state index is 13.6. The van der Waals surface area contributed by atoms with Crippen molar-refractivity contribution in [3.8, 4) is 0 Å². The van der Waals surface area contributed by atoms with E-state index in [1.807, 2.05) is 0 Å². The molecule has 0 amide bonds. The molecular formula is C18H20F10O9S3. The van der Waals surface area contributed by atoms with Crippen LogP contribution in [0.3, 0.4) is 0 Å². The maximum Gasteiger partial charge on any atom is 0.465 e. The average Bonchev–Trinajstić information content (AvgIpc) is 3.18. The van der Waals surface area contributed by atoms with Crippen molar-refractivity contribution in [2.24, 2.45) is 5.41 Å². The van der Waals surface area contributed by atoms with Crippen molar-refractivity contribution < 1.29 is 85.5 Å². The van der Waals surface area contributed by atoms with Crippen LogP contribution in [0.2, 0.25) is 0 Å². The van der Waals surface area contributed by atoms with Gasteiger partial charge in [-0.15, -0.1) is 11.8 Å². The van der Waals surface area contributed by atoms with E-state index in [2.05, 4.69) is 26.8 Å². The first-order valence-electron chi connectivity index (χ1n) is 10.4. The SMILES string of the molecule is CC(COC(=O)CF)(COC(=O)C(F)(F)C(F)(F)C(F)(F)F)CSC1(S)CCCC1OC(=O)C(F)(F)S(=O)(=O)O. The minimum absolute atomic E-state index is 0.0772. The molecule has 0 aromatic rings. The highest BCUT2D eigenvalue weighted by Crippen LogP contribution is 2.50. The Labute approximate surface area is 228 Å². The van der Waals surface area contributed by atoms with Gasteiger partial charge in [0, 0.05) is 11.2 Å². The fourth-order valence-electron chi connectivity index (χ4n) is 2.90. The Kier molecular flexibility index (Phi) is 11.2. The summed E-state index contributed by atoms with van der Waals surface area (Å²) in [4.78, 5) is 34.4. The fourth-order valence-corrected chi connectivity index (χ4v) is 5.10. The largest absolute Gasteiger partial charge is 0.465 e. The second-order valence-electron chi connectivity index (χ2n) is 8.74. The average molecular weight is 667 g/mol. The third-order valence-electron chi connectivity index (χ3n) is 5.24. The predicted octanol–water partition coefficient (Wildman–Crippen LogP) is 3.82. The topological polar surface area (TPSA) is 133 Å². The van der Waals surface area contributed by atoms with Crippen molar-refractivity contribution in [3.63, 3.8) is 0 Å². The molecule has 0 aliphatic heterocycles. The Morgan fingerprint density at radius 2 is 1.52 bits per heavy atom. The molecule has 0 spiro atoms. The van der Waals surface area contributed by atoms with E-state index in [-0.39, 0.29) is 19.3 Å². The highest BCUT2D eigenvalue weighted by molar-refractivity contribution is 8.11. The molecule has 0 heterocycles. The third kappa shape index (κ3) is 7.99. The molecule has 234 valence electrons. The van der Waals surface area contributed by atoms with Gasteiger partial charge in [-0.2, -0.15) is 60.6 Å². The maximum atomic E-state index is 13.6. The highest BCUT2D eigenvalue weighted by Gasteiger charge is 2.77. The minimum Gasteiger partial charge on any atom is -0.463 e. The summed E-state index contributed by atoms with van der Waals surface area (Å²) < 4.78 is 171. The number of alkyl halides is 10. The molecule has 0 bridgehead atoms. The molecule has 0 saturated heterocycles. The van der Waals surface area contributed by atoms with Crippen LogP contribution in [0.5, 0.6) is 0 Å². The Morgan fingerprint density at radius 1 is 1.00 bits per heavy atom. The van der Waals surface area contributed by atoms with E-state index in [1.54, 1.807) is 0 Å². The molecule has 1 N–H and O–H groups in total. The zero-order valence-electron chi connectivity index (χ0n) is 19.8. The van der Waals surface area contributed by atoms with E-state index >= 15 is 0 Å². The zero-order chi connectivity index (χ0) is 31.6. The minimum atomic E-state index is -6.86. The Balaban J connectivity index is 3.12.